The number of furan rings is 1. The Bertz CT molecular complexity index is 1290. The fraction of sp³-hybridized carbons (Fsp3) is 0.154. The van der Waals surface area contributed by atoms with E-state index >= 15 is 0 Å². The third-order valence-corrected chi connectivity index (χ3v) is 6.69. The van der Waals surface area contributed by atoms with Crippen LogP contribution in [0.1, 0.15) is 39.7 Å². The topological polar surface area (TPSA) is 59.3 Å². The lowest BCUT2D eigenvalue weighted by atomic mass is 9.88. The third kappa shape index (κ3) is 4.57. The number of para-hydroxylation sites is 1. The van der Waals surface area contributed by atoms with Crippen molar-refractivity contribution in [1.82, 2.24) is 0 Å². The van der Waals surface area contributed by atoms with Crippen LogP contribution >= 0.6 is 0 Å². The summed E-state index contributed by atoms with van der Waals surface area (Å²) >= 11 is 0. The lowest BCUT2D eigenvalue weighted by Crippen LogP contribution is -2.15. The maximum atomic E-state index is 13.1. The van der Waals surface area contributed by atoms with Crippen molar-refractivity contribution in [3.8, 4) is 0 Å². The van der Waals surface area contributed by atoms with Crippen LogP contribution in [0.25, 0.3) is 0 Å². The van der Waals surface area contributed by atoms with Crippen molar-refractivity contribution in [3.63, 3.8) is 0 Å². The van der Waals surface area contributed by atoms with Crippen LogP contribution in [0.5, 0.6) is 0 Å². The molecular formula is C26H25NO3S. The van der Waals surface area contributed by atoms with Gasteiger partial charge < -0.3 is 4.42 Å². The number of benzene rings is 3. The first-order chi connectivity index (χ1) is 14.8. The van der Waals surface area contributed by atoms with Crippen molar-refractivity contribution in [2.75, 3.05) is 4.72 Å². The van der Waals surface area contributed by atoms with Crippen LogP contribution in [-0.4, -0.2) is 8.42 Å². The van der Waals surface area contributed by atoms with Crippen LogP contribution < -0.4 is 4.72 Å². The minimum Gasteiger partial charge on any atom is -0.465 e. The molecule has 1 heterocycles. The van der Waals surface area contributed by atoms with Gasteiger partial charge in [-0.2, -0.15) is 0 Å². The van der Waals surface area contributed by atoms with Gasteiger partial charge in [-0.15, -0.1) is 0 Å². The Hall–Kier alpha value is -3.31. The molecule has 0 bridgehead atoms. The zero-order valence-corrected chi connectivity index (χ0v) is 18.6. The number of nitrogens with one attached hydrogen (secondary N) is 1. The summed E-state index contributed by atoms with van der Waals surface area (Å²) in [6, 6.07) is 26.4. The van der Waals surface area contributed by atoms with Gasteiger partial charge in [0.15, 0.2) is 0 Å². The SMILES string of the molecule is Cc1ccc(C(c2ccc(C)o2)c2ccccc2NS(=O)(=O)c2ccc(C)cc2)cc1. The number of aryl methyl sites for hydroxylation is 3. The van der Waals surface area contributed by atoms with Gasteiger partial charge in [0.1, 0.15) is 11.5 Å². The molecule has 0 amide bonds. The summed E-state index contributed by atoms with van der Waals surface area (Å²) in [5.41, 5.74) is 4.56. The van der Waals surface area contributed by atoms with E-state index in [-0.39, 0.29) is 10.8 Å². The molecule has 1 unspecified atom stereocenters. The van der Waals surface area contributed by atoms with Gasteiger partial charge in [0.05, 0.1) is 16.5 Å². The van der Waals surface area contributed by atoms with Crippen molar-refractivity contribution in [1.29, 1.82) is 0 Å². The molecule has 4 nitrogen and oxygen atoms in total. The molecule has 0 aliphatic heterocycles. The highest BCUT2D eigenvalue weighted by Gasteiger charge is 2.25. The minimum absolute atomic E-state index is 0.230. The van der Waals surface area contributed by atoms with Gasteiger partial charge in [0.2, 0.25) is 0 Å². The van der Waals surface area contributed by atoms with E-state index in [1.54, 1.807) is 30.3 Å². The summed E-state index contributed by atoms with van der Waals surface area (Å²) in [6.45, 7) is 5.87. The molecule has 0 saturated carbocycles. The van der Waals surface area contributed by atoms with Crippen molar-refractivity contribution in [2.45, 2.75) is 31.6 Å². The van der Waals surface area contributed by atoms with Gasteiger partial charge in [-0.05, 0) is 62.2 Å². The normalized spacial score (nSPS) is 12.5. The lowest BCUT2D eigenvalue weighted by molar-refractivity contribution is 0.478. The highest BCUT2D eigenvalue weighted by atomic mass is 32.2. The third-order valence-electron chi connectivity index (χ3n) is 5.30. The van der Waals surface area contributed by atoms with E-state index in [2.05, 4.69) is 29.0 Å². The zero-order chi connectivity index (χ0) is 22.0. The second-order valence-electron chi connectivity index (χ2n) is 7.80. The fourth-order valence-corrected chi connectivity index (χ4v) is 4.71. The minimum atomic E-state index is -3.73. The quantitative estimate of drug-likeness (QED) is 0.396. The smallest absolute Gasteiger partial charge is 0.261 e. The average Bonchev–Trinajstić information content (AvgIpc) is 3.17. The summed E-state index contributed by atoms with van der Waals surface area (Å²) in [4.78, 5) is 0.230. The largest absolute Gasteiger partial charge is 0.465 e. The Morgan fingerprint density at radius 1 is 0.742 bits per heavy atom. The van der Waals surface area contributed by atoms with Gasteiger partial charge in [-0.25, -0.2) is 8.42 Å². The van der Waals surface area contributed by atoms with Crippen LogP contribution in [0.3, 0.4) is 0 Å². The Kier molecular flexibility index (Phi) is 5.70. The Morgan fingerprint density at radius 3 is 1.97 bits per heavy atom. The monoisotopic (exact) mass is 431 g/mol. The molecule has 0 aliphatic carbocycles. The van der Waals surface area contributed by atoms with Crippen LogP contribution in [0, 0.1) is 20.8 Å². The van der Waals surface area contributed by atoms with Crippen molar-refractivity contribution in [3.05, 3.63) is 119 Å². The molecule has 0 spiro atoms. The van der Waals surface area contributed by atoms with E-state index in [1.165, 1.54) is 0 Å². The van der Waals surface area contributed by atoms with Crippen molar-refractivity contribution < 1.29 is 12.8 Å². The number of anilines is 1. The lowest BCUT2D eigenvalue weighted by Gasteiger charge is -2.20. The molecule has 0 radical (unpaired) electrons. The molecule has 1 atom stereocenters. The van der Waals surface area contributed by atoms with Crippen LogP contribution in [-0.2, 0) is 10.0 Å². The van der Waals surface area contributed by atoms with E-state index in [0.717, 1.165) is 33.8 Å². The average molecular weight is 432 g/mol. The van der Waals surface area contributed by atoms with E-state index in [9.17, 15) is 8.42 Å². The maximum absolute atomic E-state index is 13.1. The van der Waals surface area contributed by atoms with Gasteiger partial charge in [-0.3, -0.25) is 4.72 Å². The second-order valence-corrected chi connectivity index (χ2v) is 9.48. The van der Waals surface area contributed by atoms with Gasteiger partial charge in [0, 0.05) is 0 Å². The first-order valence-corrected chi connectivity index (χ1v) is 11.6. The molecule has 0 aliphatic rings. The molecule has 0 saturated heterocycles. The predicted octanol–water partition coefficient (Wildman–Crippen LogP) is 6.19. The second kappa shape index (κ2) is 8.44. The summed E-state index contributed by atoms with van der Waals surface area (Å²) in [6.07, 6.45) is 0. The van der Waals surface area contributed by atoms with Crippen LogP contribution in [0.2, 0.25) is 0 Å². The number of sulfonamides is 1. The molecule has 4 aromatic rings. The standard InChI is InChI=1S/C26H25NO3S/c1-18-8-13-21(14-9-18)26(25-17-12-20(3)30-25)23-6-4-5-7-24(23)27-31(28,29)22-15-10-19(2)11-16-22/h4-17,26-27H,1-3H3. The Morgan fingerprint density at radius 2 is 1.35 bits per heavy atom. The Labute approximate surface area is 183 Å². The molecule has 158 valence electrons. The number of rotatable bonds is 6. The number of hydrogen-bond donors (Lipinski definition) is 1. The maximum Gasteiger partial charge on any atom is 0.261 e. The molecule has 0 fully saturated rings. The molecule has 1 N–H and O–H groups in total. The first kappa shape index (κ1) is 20.9. The van der Waals surface area contributed by atoms with Crippen LogP contribution in [0.4, 0.5) is 5.69 Å². The van der Waals surface area contributed by atoms with E-state index in [4.69, 9.17) is 4.42 Å². The zero-order valence-electron chi connectivity index (χ0n) is 17.8. The highest BCUT2D eigenvalue weighted by Crippen LogP contribution is 2.37. The molecule has 5 heteroatoms. The molecule has 4 rings (SSSR count). The molecule has 1 aromatic heterocycles. The highest BCUT2D eigenvalue weighted by molar-refractivity contribution is 7.92. The molecular weight excluding hydrogens is 406 g/mol. The summed E-state index contributed by atoms with van der Waals surface area (Å²) < 4.78 is 34.9. The van der Waals surface area contributed by atoms with Gasteiger partial charge in [0.25, 0.3) is 10.0 Å². The van der Waals surface area contributed by atoms with E-state index < -0.39 is 10.0 Å². The molecule has 31 heavy (non-hydrogen) atoms. The summed E-state index contributed by atoms with van der Waals surface area (Å²) in [7, 11) is -3.73. The van der Waals surface area contributed by atoms with Crippen LogP contribution in [0.15, 0.2) is 94.2 Å². The summed E-state index contributed by atoms with van der Waals surface area (Å²) in [5.74, 6) is 1.33. The fourth-order valence-electron chi connectivity index (χ4n) is 3.63. The van der Waals surface area contributed by atoms with E-state index in [0.29, 0.717) is 5.69 Å². The molecule has 3 aromatic carbocycles. The predicted molar refractivity (Wildman–Crippen MR) is 124 cm³/mol. The summed E-state index contributed by atoms with van der Waals surface area (Å²) in [5, 5.41) is 0. The van der Waals surface area contributed by atoms with Gasteiger partial charge in [-0.1, -0.05) is 65.7 Å². The van der Waals surface area contributed by atoms with Crippen molar-refractivity contribution >= 4 is 15.7 Å². The first-order valence-electron chi connectivity index (χ1n) is 10.1. The number of hydrogen-bond acceptors (Lipinski definition) is 3. The van der Waals surface area contributed by atoms with Crippen molar-refractivity contribution in [2.24, 2.45) is 0 Å². The van der Waals surface area contributed by atoms with Gasteiger partial charge >= 0.3 is 0 Å². The van der Waals surface area contributed by atoms with E-state index in [1.807, 2.05) is 51.1 Å². The Balaban J connectivity index is 1.80.